The van der Waals surface area contributed by atoms with Crippen LogP contribution in [0.2, 0.25) is 0 Å². The molecule has 2 fully saturated rings. The van der Waals surface area contributed by atoms with Crippen LogP contribution in [0, 0.1) is 11.8 Å². The lowest BCUT2D eigenvalue weighted by Crippen LogP contribution is -2.64. The summed E-state index contributed by atoms with van der Waals surface area (Å²) < 4.78 is 0. The van der Waals surface area contributed by atoms with Crippen molar-refractivity contribution >= 4 is 5.91 Å². The van der Waals surface area contributed by atoms with E-state index < -0.39 is 5.54 Å². The van der Waals surface area contributed by atoms with Gasteiger partial charge in [0.25, 0.3) is 0 Å². The predicted molar refractivity (Wildman–Crippen MR) is 73.2 cm³/mol. The number of nitrogens with two attached hydrogens (primary N) is 1. The number of hydrogen-bond acceptors (Lipinski definition) is 3. The fraction of sp³-hybridized carbons (Fsp3) is 0.929. The summed E-state index contributed by atoms with van der Waals surface area (Å²) >= 11 is 0. The van der Waals surface area contributed by atoms with Crippen molar-refractivity contribution in [2.24, 2.45) is 17.6 Å². The maximum absolute atomic E-state index is 12.2. The van der Waals surface area contributed by atoms with Gasteiger partial charge in [-0.2, -0.15) is 0 Å². The molecular formula is C14H27N3O. The van der Waals surface area contributed by atoms with Gasteiger partial charge < -0.3 is 11.1 Å². The molecule has 1 heterocycles. The largest absolute Gasteiger partial charge is 0.368 e. The monoisotopic (exact) mass is 253 g/mol. The number of nitrogens with one attached hydrogen (secondary N) is 1. The molecule has 18 heavy (non-hydrogen) atoms. The highest BCUT2D eigenvalue weighted by atomic mass is 16.1. The van der Waals surface area contributed by atoms with E-state index in [0.29, 0.717) is 11.8 Å². The summed E-state index contributed by atoms with van der Waals surface area (Å²) in [6, 6.07) is 0. The van der Waals surface area contributed by atoms with Crippen molar-refractivity contribution in [3.63, 3.8) is 0 Å². The Kier molecular flexibility index (Phi) is 4.28. The second kappa shape index (κ2) is 5.57. The van der Waals surface area contributed by atoms with Crippen molar-refractivity contribution in [1.82, 2.24) is 10.2 Å². The first-order valence-corrected chi connectivity index (χ1v) is 7.34. The van der Waals surface area contributed by atoms with Gasteiger partial charge in [-0.05, 0) is 31.2 Å². The Hall–Kier alpha value is -0.610. The van der Waals surface area contributed by atoms with Crippen LogP contribution in [0.5, 0.6) is 0 Å². The van der Waals surface area contributed by atoms with E-state index in [1.54, 1.807) is 0 Å². The topological polar surface area (TPSA) is 58.4 Å². The van der Waals surface area contributed by atoms with Crippen LogP contribution in [0.3, 0.4) is 0 Å². The zero-order chi connectivity index (χ0) is 13.2. The lowest BCUT2D eigenvalue weighted by molar-refractivity contribution is -0.138. The van der Waals surface area contributed by atoms with Crippen LogP contribution in [0.4, 0.5) is 0 Å². The van der Waals surface area contributed by atoms with Crippen LogP contribution in [-0.4, -0.2) is 42.5 Å². The first kappa shape index (κ1) is 13.8. The standard InChI is InChI=1S/C14H27N3O/c1-11-5-3-6-14(12(11)2,13(15)18)17-9-4-7-16-8-10-17/h11-12,16H,3-10H2,1-2H3,(H2,15,18). The Labute approximate surface area is 110 Å². The summed E-state index contributed by atoms with van der Waals surface area (Å²) in [5.41, 5.74) is 5.44. The molecule has 4 nitrogen and oxygen atoms in total. The van der Waals surface area contributed by atoms with E-state index in [9.17, 15) is 4.79 Å². The molecule has 2 rings (SSSR count). The number of carbonyl (C=O) groups excluding carboxylic acids is 1. The fourth-order valence-electron chi connectivity index (χ4n) is 3.84. The second-order valence-corrected chi connectivity index (χ2v) is 6.04. The zero-order valence-corrected chi connectivity index (χ0v) is 11.7. The highest BCUT2D eigenvalue weighted by Gasteiger charge is 2.50. The van der Waals surface area contributed by atoms with E-state index >= 15 is 0 Å². The van der Waals surface area contributed by atoms with E-state index in [1.807, 2.05) is 0 Å². The molecule has 3 unspecified atom stereocenters. The van der Waals surface area contributed by atoms with Gasteiger partial charge >= 0.3 is 0 Å². The number of amides is 1. The summed E-state index contributed by atoms with van der Waals surface area (Å²) in [7, 11) is 0. The molecule has 0 aromatic rings. The Morgan fingerprint density at radius 1 is 1.28 bits per heavy atom. The molecule has 1 amide bonds. The number of carbonyl (C=O) groups is 1. The molecule has 1 saturated carbocycles. The lowest BCUT2D eigenvalue weighted by atomic mass is 9.67. The summed E-state index contributed by atoms with van der Waals surface area (Å²) in [5.74, 6) is 0.841. The third kappa shape index (κ3) is 2.28. The van der Waals surface area contributed by atoms with E-state index in [2.05, 4.69) is 24.1 Å². The van der Waals surface area contributed by atoms with Gasteiger partial charge in [-0.1, -0.05) is 26.7 Å². The second-order valence-electron chi connectivity index (χ2n) is 6.04. The first-order chi connectivity index (χ1) is 8.59. The van der Waals surface area contributed by atoms with Crippen molar-refractivity contribution < 1.29 is 4.79 Å². The Morgan fingerprint density at radius 3 is 2.78 bits per heavy atom. The van der Waals surface area contributed by atoms with Crippen molar-refractivity contribution in [2.75, 3.05) is 26.2 Å². The van der Waals surface area contributed by atoms with Gasteiger partial charge in [0.1, 0.15) is 5.54 Å². The van der Waals surface area contributed by atoms with Gasteiger partial charge in [-0.25, -0.2) is 0 Å². The van der Waals surface area contributed by atoms with Gasteiger partial charge in [0.2, 0.25) is 5.91 Å². The Bertz CT molecular complexity index is 299. The smallest absolute Gasteiger partial charge is 0.238 e. The molecule has 0 spiro atoms. The number of rotatable bonds is 2. The van der Waals surface area contributed by atoms with Gasteiger partial charge in [0.05, 0.1) is 0 Å². The van der Waals surface area contributed by atoms with Gasteiger partial charge in [-0.15, -0.1) is 0 Å². The Morgan fingerprint density at radius 2 is 2.06 bits per heavy atom. The highest BCUT2D eigenvalue weighted by molar-refractivity contribution is 5.85. The van der Waals surface area contributed by atoms with Crippen molar-refractivity contribution in [3.8, 4) is 0 Å². The van der Waals surface area contributed by atoms with Crippen molar-refractivity contribution in [3.05, 3.63) is 0 Å². The lowest BCUT2D eigenvalue weighted by Gasteiger charge is -2.50. The van der Waals surface area contributed by atoms with Crippen LogP contribution < -0.4 is 11.1 Å². The molecule has 0 aromatic heterocycles. The van der Waals surface area contributed by atoms with Gasteiger partial charge in [0, 0.05) is 19.6 Å². The maximum Gasteiger partial charge on any atom is 0.238 e. The van der Waals surface area contributed by atoms with Crippen LogP contribution in [0.25, 0.3) is 0 Å². The van der Waals surface area contributed by atoms with Crippen molar-refractivity contribution in [1.29, 1.82) is 0 Å². The maximum atomic E-state index is 12.2. The van der Waals surface area contributed by atoms with E-state index in [1.165, 1.54) is 6.42 Å². The number of nitrogens with zero attached hydrogens (tertiary/aromatic N) is 1. The Balaban J connectivity index is 2.26. The van der Waals surface area contributed by atoms with E-state index in [4.69, 9.17) is 5.73 Å². The molecular weight excluding hydrogens is 226 g/mol. The minimum atomic E-state index is -0.399. The minimum absolute atomic E-state index is 0.108. The van der Waals surface area contributed by atoms with Crippen LogP contribution >= 0.6 is 0 Å². The van der Waals surface area contributed by atoms with E-state index in [-0.39, 0.29) is 5.91 Å². The van der Waals surface area contributed by atoms with Gasteiger partial charge in [0.15, 0.2) is 0 Å². The summed E-state index contributed by atoms with van der Waals surface area (Å²) in [4.78, 5) is 14.6. The normalized spacial score (nSPS) is 39.2. The number of hydrogen-bond donors (Lipinski definition) is 2. The molecule has 0 bridgehead atoms. The molecule has 2 aliphatic rings. The quantitative estimate of drug-likeness (QED) is 0.771. The third-order valence-electron chi connectivity index (χ3n) is 5.16. The molecule has 1 aliphatic carbocycles. The molecule has 104 valence electrons. The molecule has 1 saturated heterocycles. The average molecular weight is 253 g/mol. The average Bonchev–Trinajstić information content (AvgIpc) is 2.61. The highest BCUT2D eigenvalue weighted by Crippen LogP contribution is 2.41. The summed E-state index contributed by atoms with van der Waals surface area (Å²) in [6.45, 7) is 8.43. The minimum Gasteiger partial charge on any atom is -0.368 e. The molecule has 0 radical (unpaired) electrons. The summed E-state index contributed by atoms with van der Waals surface area (Å²) in [5, 5.41) is 3.40. The van der Waals surface area contributed by atoms with Crippen molar-refractivity contribution in [2.45, 2.75) is 45.1 Å². The SMILES string of the molecule is CC1CCCC(C(N)=O)(N2CCCNCC2)C1C. The molecule has 3 atom stereocenters. The molecule has 1 aliphatic heterocycles. The molecule has 4 heteroatoms. The third-order valence-corrected chi connectivity index (χ3v) is 5.16. The first-order valence-electron chi connectivity index (χ1n) is 7.34. The summed E-state index contributed by atoms with van der Waals surface area (Å²) in [6.07, 6.45) is 4.39. The van der Waals surface area contributed by atoms with Crippen LogP contribution in [0.1, 0.15) is 39.5 Å². The molecule has 0 aromatic carbocycles. The number of primary amides is 1. The van der Waals surface area contributed by atoms with Crippen LogP contribution in [0.15, 0.2) is 0 Å². The van der Waals surface area contributed by atoms with E-state index in [0.717, 1.165) is 45.4 Å². The predicted octanol–water partition coefficient (Wildman–Crippen LogP) is 0.962. The zero-order valence-electron chi connectivity index (χ0n) is 11.7. The fourth-order valence-corrected chi connectivity index (χ4v) is 3.84. The molecule has 3 N–H and O–H groups in total. The van der Waals surface area contributed by atoms with Crippen LogP contribution in [-0.2, 0) is 4.79 Å². The van der Waals surface area contributed by atoms with Gasteiger partial charge in [-0.3, -0.25) is 9.69 Å².